The fourth-order valence-corrected chi connectivity index (χ4v) is 4.56. The summed E-state index contributed by atoms with van der Waals surface area (Å²) < 4.78 is 5.83. The molecule has 0 aromatic heterocycles. The number of aliphatic hydroxyl groups excluding tert-OH is 3. The number of allylic oxidation sites excluding steroid dienone is 3. The molecule has 0 radical (unpaired) electrons. The Kier molecular flexibility index (Phi) is 3.94. The fourth-order valence-electron chi connectivity index (χ4n) is 4.56. The first kappa shape index (κ1) is 18.7. The van der Waals surface area contributed by atoms with Crippen LogP contribution in [-0.2, 0) is 4.74 Å². The number of ether oxygens (including phenoxy) is 1. The first-order valence-corrected chi connectivity index (χ1v) is 8.84. The number of aromatic hydroxyl groups is 2. The number of hydrogen-bond acceptors (Lipinski definition) is 8. The minimum absolute atomic E-state index is 0.0243. The molecule has 148 valence electrons. The number of rotatable bonds is 1. The lowest BCUT2D eigenvalue weighted by Gasteiger charge is -2.50. The normalized spacial score (nSPS) is 30.8. The van der Waals surface area contributed by atoms with Gasteiger partial charge in [-0.15, -0.1) is 0 Å². The third kappa shape index (κ3) is 2.35. The van der Waals surface area contributed by atoms with E-state index in [1.54, 1.807) is 13.8 Å². The van der Waals surface area contributed by atoms with E-state index in [1.807, 2.05) is 0 Å². The molecule has 0 saturated carbocycles. The molecule has 5 N–H and O–H groups in total. The first-order valence-electron chi connectivity index (χ1n) is 8.84. The lowest BCUT2D eigenvalue weighted by Crippen LogP contribution is -2.57. The number of Topliss-reactive ketones (excluding diaryl/α,β-unsaturated/α-hetero) is 2. The first-order chi connectivity index (χ1) is 13.1. The third-order valence-corrected chi connectivity index (χ3v) is 5.81. The van der Waals surface area contributed by atoms with Gasteiger partial charge in [0.2, 0.25) is 5.78 Å². The highest BCUT2D eigenvalue weighted by atomic mass is 16.5. The van der Waals surface area contributed by atoms with Crippen LogP contribution in [0, 0.1) is 11.8 Å². The molecule has 0 unspecified atom stereocenters. The van der Waals surface area contributed by atoms with Crippen molar-refractivity contribution in [3.63, 3.8) is 0 Å². The van der Waals surface area contributed by atoms with E-state index in [0.29, 0.717) is 0 Å². The number of hydrogen-bond donors (Lipinski definition) is 5. The van der Waals surface area contributed by atoms with Crippen LogP contribution in [0.15, 0.2) is 35.1 Å². The number of carbonyl (C=O) groups excluding carboxylic acids is 2. The molecule has 28 heavy (non-hydrogen) atoms. The lowest BCUT2D eigenvalue weighted by atomic mass is 9.63. The van der Waals surface area contributed by atoms with Crippen molar-refractivity contribution in [1.29, 1.82) is 0 Å². The minimum atomic E-state index is -1.33. The van der Waals surface area contributed by atoms with Gasteiger partial charge in [0.15, 0.2) is 11.5 Å². The Morgan fingerprint density at radius 3 is 2.43 bits per heavy atom. The zero-order valence-corrected chi connectivity index (χ0v) is 15.2. The van der Waals surface area contributed by atoms with E-state index in [9.17, 15) is 35.1 Å². The number of phenolic OH excluding ortho intramolecular Hbond substituents is 2. The smallest absolute Gasteiger partial charge is 0.232 e. The van der Waals surface area contributed by atoms with Crippen LogP contribution in [0.2, 0.25) is 0 Å². The number of ketones is 2. The second kappa shape index (κ2) is 5.91. The van der Waals surface area contributed by atoms with Crippen molar-refractivity contribution in [2.45, 2.75) is 31.7 Å². The molecule has 3 aliphatic rings. The van der Waals surface area contributed by atoms with Gasteiger partial charge in [0.25, 0.3) is 0 Å². The molecule has 0 saturated heterocycles. The van der Waals surface area contributed by atoms with E-state index >= 15 is 0 Å². The van der Waals surface area contributed by atoms with Crippen molar-refractivity contribution in [2.75, 3.05) is 6.61 Å². The molecule has 8 nitrogen and oxygen atoms in total. The summed E-state index contributed by atoms with van der Waals surface area (Å²) in [7, 11) is 0. The minimum Gasteiger partial charge on any atom is -0.508 e. The van der Waals surface area contributed by atoms with Crippen LogP contribution < -0.4 is 0 Å². The summed E-state index contributed by atoms with van der Waals surface area (Å²) in [6, 6.07) is 2.06. The standard InChI is InChI=1S/C20H20O8/c1-20(2)14-9(3-7(6-21)15(24)18(14)27)13-16(25)10-4-8(22)5-11(23)12(10)17(26)19(13)28-20/h3-5,9,14-15,18,21-24,27H,6H2,1-2H3/t9-,14+,15+,18-/m0/s1. The summed E-state index contributed by atoms with van der Waals surface area (Å²) in [5, 5.41) is 50.3. The van der Waals surface area contributed by atoms with Gasteiger partial charge in [0.05, 0.1) is 23.8 Å². The second-order valence-electron chi connectivity index (χ2n) is 7.88. The van der Waals surface area contributed by atoms with Crippen molar-refractivity contribution in [2.24, 2.45) is 11.8 Å². The fraction of sp³-hybridized carbons (Fsp3) is 0.400. The largest absolute Gasteiger partial charge is 0.508 e. The van der Waals surface area contributed by atoms with Crippen LogP contribution in [0.4, 0.5) is 0 Å². The molecule has 2 aliphatic carbocycles. The topological polar surface area (TPSA) is 145 Å². The van der Waals surface area contributed by atoms with Crippen molar-refractivity contribution >= 4 is 11.6 Å². The van der Waals surface area contributed by atoms with Crippen molar-refractivity contribution < 1.29 is 39.9 Å². The maximum absolute atomic E-state index is 13.2. The molecule has 1 heterocycles. The van der Waals surface area contributed by atoms with E-state index in [2.05, 4.69) is 0 Å². The number of benzene rings is 1. The van der Waals surface area contributed by atoms with E-state index < -0.39 is 53.6 Å². The predicted octanol–water partition coefficient (Wildman–Crippen LogP) is 0.426. The molecule has 1 aromatic carbocycles. The molecule has 0 bridgehead atoms. The Morgan fingerprint density at radius 2 is 1.79 bits per heavy atom. The monoisotopic (exact) mass is 388 g/mol. The number of phenols is 2. The van der Waals surface area contributed by atoms with Gasteiger partial charge in [-0.05, 0) is 25.5 Å². The Balaban J connectivity index is 1.98. The zero-order valence-electron chi connectivity index (χ0n) is 15.2. The second-order valence-corrected chi connectivity index (χ2v) is 7.88. The molecule has 8 heteroatoms. The predicted molar refractivity (Wildman–Crippen MR) is 94.8 cm³/mol. The van der Waals surface area contributed by atoms with Gasteiger partial charge < -0.3 is 30.3 Å². The van der Waals surface area contributed by atoms with Crippen LogP contribution in [0.25, 0.3) is 0 Å². The Hall–Kier alpha value is -2.68. The van der Waals surface area contributed by atoms with E-state index in [-0.39, 0.29) is 33.8 Å². The number of aliphatic hydroxyl groups is 3. The van der Waals surface area contributed by atoms with Crippen molar-refractivity contribution in [3.05, 3.63) is 46.2 Å². The van der Waals surface area contributed by atoms with Gasteiger partial charge in [0, 0.05) is 23.5 Å². The highest BCUT2D eigenvalue weighted by Crippen LogP contribution is 2.51. The molecule has 0 amide bonds. The van der Waals surface area contributed by atoms with Crippen LogP contribution in [0.1, 0.15) is 34.6 Å². The molecule has 1 aromatic rings. The van der Waals surface area contributed by atoms with Gasteiger partial charge in [-0.1, -0.05) is 6.08 Å². The van der Waals surface area contributed by atoms with Gasteiger partial charge in [-0.3, -0.25) is 9.59 Å². The van der Waals surface area contributed by atoms with Crippen LogP contribution >= 0.6 is 0 Å². The molecule has 4 rings (SSSR count). The quantitative estimate of drug-likeness (QED) is 0.436. The van der Waals surface area contributed by atoms with Crippen LogP contribution in [0.3, 0.4) is 0 Å². The summed E-state index contributed by atoms with van der Waals surface area (Å²) >= 11 is 0. The molecule has 1 aliphatic heterocycles. The number of carbonyl (C=O) groups is 2. The summed E-state index contributed by atoms with van der Waals surface area (Å²) in [5.74, 6) is -4.03. The molecular weight excluding hydrogens is 368 g/mol. The Labute approximate surface area is 160 Å². The maximum Gasteiger partial charge on any atom is 0.232 e. The molecule has 0 fully saturated rings. The van der Waals surface area contributed by atoms with Gasteiger partial charge in [0.1, 0.15) is 23.2 Å². The van der Waals surface area contributed by atoms with E-state index in [1.165, 1.54) is 6.08 Å². The van der Waals surface area contributed by atoms with E-state index in [4.69, 9.17) is 4.74 Å². The Morgan fingerprint density at radius 1 is 1.11 bits per heavy atom. The average Bonchev–Trinajstić information content (AvgIpc) is 2.60. The zero-order chi connectivity index (χ0) is 20.5. The summed E-state index contributed by atoms with van der Waals surface area (Å²) in [6.07, 6.45) is -1.17. The molecule has 4 atom stereocenters. The number of fused-ring (bicyclic) bond motifs is 3. The van der Waals surface area contributed by atoms with Crippen LogP contribution in [0.5, 0.6) is 11.5 Å². The summed E-state index contributed by atoms with van der Waals surface area (Å²) in [5.41, 5.74) is -1.42. The summed E-state index contributed by atoms with van der Waals surface area (Å²) in [4.78, 5) is 26.2. The van der Waals surface area contributed by atoms with Crippen molar-refractivity contribution in [3.8, 4) is 11.5 Å². The summed E-state index contributed by atoms with van der Waals surface area (Å²) in [6.45, 7) is 2.74. The maximum atomic E-state index is 13.2. The van der Waals surface area contributed by atoms with Gasteiger partial charge in [-0.2, -0.15) is 0 Å². The highest BCUT2D eigenvalue weighted by molar-refractivity contribution is 6.27. The van der Waals surface area contributed by atoms with Gasteiger partial charge in [-0.25, -0.2) is 0 Å². The van der Waals surface area contributed by atoms with Crippen LogP contribution in [-0.4, -0.2) is 61.5 Å². The lowest BCUT2D eigenvalue weighted by molar-refractivity contribution is -0.124. The third-order valence-electron chi connectivity index (χ3n) is 5.81. The van der Waals surface area contributed by atoms with Gasteiger partial charge >= 0.3 is 0 Å². The van der Waals surface area contributed by atoms with E-state index in [0.717, 1.165) is 12.1 Å². The van der Waals surface area contributed by atoms with Crippen molar-refractivity contribution in [1.82, 2.24) is 0 Å². The average molecular weight is 388 g/mol. The highest BCUT2D eigenvalue weighted by Gasteiger charge is 2.56. The Bertz CT molecular complexity index is 971. The molecule has 0 spiro atoms. The SMILES string of the molecule is CC1(C)OC2=C(C(=O)c3cc(O)cc(O)c3C2=O)[C@@H]2C=C(CO)[C@@H](O)[C@@H](O)[C@@H]21. The molecular formula is C20H20O8.